The van der Waals surface area contributed by atoms with Crippen molar-refractivity contribution in [3.8, 4) is 11.8 Å². The van der Waals surface area contributed by atoms with E-state index in [0.717, 1.165) is 4.31 Å². The molecule has 34 heavy (non-hydrogen) atoms. The number of halogens is 1. The van der Waals surface area contributed by atoms with Gasteiger partial charge in [0.1, 0.15) is 11.9 Å². The van der Waals surface area contributed by atoms with Crippen LogP contribution in [0.25, 0.3) is 0 Å². The average molecular weight is 498 g/mol. The SMILES string of the molecule is Cc1cccc(Cl)c1C(=O)Nc1ccc2c(c1)N(S(=O)(=O)c1cccc(C#N)c1)C[C@H](CO)O2. The molecule has 0 saturated heterocycles. The van der Waals surface area contributed by atoms with Crippen LogP contribution in [0.15, 0.2) is 65.6 Å². The van der Waals surface area contributed by atoms with Crippen LogP contribution in [0.2, 0.25) is 5.02 Å². The summed E-state index contributed by atoms with van der Waals surface area (Å²) in [7, 11) is -4.10. The molecular weight excluding hydrogens is 478 g/mol. The van der Waals surface area contributed by atoms with Crippen LogP contribution in [-0.2, 0) is 10.0 Å². The van der Waals surface area contributed by atoms with Gasteiger partial charge in [0, 0.05) is 5.69 Å². The lowest BCUT2D eigenvalue weighted by molar-refractivity contribution is 0.102. The third kappa shape index (κ3) is 4.43. The zero-order valence-corrected chi connectivity index (χ0v) is 19.6. The fourth-order valence-corrected chi connectivity index (χ4v) is 5.53. The third-order valence-electron chi connectivity index (χ3n) is 5.35. The molecule has 8 nitrogen and oxygen atoms in total. The number of amides is 1. The van der Waals surface area contributed by atoms with E-state index in [9.17, 15) is 18.3 Å². The maximum absolute atomic E-state index is 13.5. The molecule has 0 aromatic heterocycles. The monoisotopic (exact) mass is 497 g/mol. The molecule has 1 amide bonds. The van der Waals surface area contributed by atoms with Gasteiger partial charge in [-0.3, -0.25) is 9.10 Å². The van der Waals surface area contributed by atoms with Gasteiger partial charge >= 0.3 is 0 Å². The lowest BCUT2D eigenvalue weighted by Gasteiger charge is -2.35. The highest BCUT2D eigenvalue weighted by atomic mass is 35.5. The second-order valence-corrected chi connectivity index (χ2v) is 9.94. The summed E-state index contributed by atoms with van der Waals surface area (Å²) in [6.07, 6.45) is -0.785. The van der Waals surface area contributed by atoms with Gasteiger partial charge in [-0.2, -0.15) is 5.26 Å². The fourth-order valence-electron chi connectivity index (χ4n) is 3.68. The van der Waals surface area contributed by atoms with E-state index in [2.05, 4.69) is 5.32 Å². The Bertz CT molecular complexity index is 1400. The molecular formula is C24H20ClN3O5S. The van der Waals surface area contributed by atoms with E-state index in [4.69, 9.17) is 21.6 Å². The van der Waals surface area contributed by atoms with Crippen molar-refractivity contribution in [3.63, 3.8) is 0 Å². The van der Waals surface area contributed by atoms with Gasteiger partial charge in [-0.25, -0.2) is 8.42 Å². The standard InChI is InChI=1S/C24H20ClN3O5S/c1-15-4-2-7-20(25)23(15)24(30)27-17-8-9-22-21(11-17)28(13-18(14-29)33-22)34(31,32)19-6-3-5-16(10-19)12-26/h2-11,18,29H,13-14H2,1H3,(H,27,30)/t18-/m1/s1. The number of ether oxygens (including phenoxy) is 1. The summed E-state index contributed by atoms with van der Waals surface area (Å²) >= 11 is 6.20. The van der Waals surface area contributed by atoms with Crippen LogP contribution in [0.5, 0.6) is 5.75 Å². The smallest absolute Gasteiger partial charge is 0.264 e. The number of rotatable bonds is 5. The Morgan fingerprint density at radius 3 is 2.71 bits per heavy atom. The molecule has 0 bridgehead atoms. The quantitative estimate of drug-likeness (QED) is 0.554. The first-order chi connectivity index (χ1) is 16.2. The maximum atomic E-state index is 13.5. The van der Waals surface area contributed by atoms with Gasteiger partial charge in [-0.1, -0.05) is 29.8 Å². The minimum atomic E-state index is -4.10. The van der Waals surface area contributed by atoms with Crippen molar-refractivity contribution >= 4 is 38.9 Å². The summed E-state index contributed by atoms with van der Waals surface area (Å²) in [5.74, 6) is -0.207. The summed E-state index contributed by atoms with van der Waals surface area (Å²) in [5.41, 5.74) is 1.74. The van der Waals surface area contributed by atoms with Crippen LogP contribution in [0.3, 0.4) is 0 Å². The van der Waals surface area contributed by atoms with Gasteiger partial charge in [-0.15, -0.1) is 0 Å². The van der Waals surface area contributed by atoms with E-state index in [-0.39, 0.29) is 28.4 Å². The van der Waals surface area contributed by atoms with Crippen molar-refractivity contribution in [1.82, 2.24) is 0 Å². The highest BCUT2D eigenvalue weighted by Crippen LogP contribution is 2.39. The van der Waals surface area contributed by atoms with Crippen molar-refractivity contribution in [3.05, 3.63) is 82.4 Å². The summed E-state index contributed by atoms with van der Waals surface area (Å²) in [5, 5.41) is 21.9. The van der Waals surface area contributed by atoms with Crippen molar-refractivity contribution in [1.29, 1.82) is 5.26 Å². The zero-order chi connectivity index (χ0) is 24.5. The Hall–Kier alpha value is -3.58. The van der Waals surface area contributed by atoms with Gasteiger partial charge in [0.15, 0.2) is 0 Å². The van der Waals surface area contributed by atoms with Crippen LogP contribution >= 0.6 is 11.6 Å². The largest absolute Gasteiger partial charge is 0.484 e. The van der Waals surface area contributed by atoms with E-state index < -0.39 is 28.6 Å². The first-order valence-electron chi connectivity index (χ1n) is 10.3. The van der Waals surface area contributed by atoms with Gasteiger partial charge in [0.05, 0.1) is 46.0 Å². The Morgan fingerprint density at radius 1 is 1.24 bits per heavy atom. The molecule has 0 saturated carbocycles. The number of carbonyl (C=O) groups is 1. The summed E-state index contributed by atoms with van der Waals surface area (Å²) in [6, 6.07) is 17.3. The van der Waals surface area contributed by atoms with E-state index in [1.54, 1.807) is 31.2 Å². The van der Waals surface area contributed by atoms with Gasteiger partial charge in [0.25, 0.3) is 15.9 Å². The Kier molecular flexibility index (Phi) is 6.48. The molecule has 1 heterocycles. The van der Waals surface area contributed by atoms with Gasteiger partial charge in [0.2, 0.25) is 0 Å². The molecule has 174 valence electrons. The molecule has 0 radical (unpaired) electrons. The molecule has 10 heteroatoms. The number of hydrogen-bond donors (Lipinski definition) is 2. The molecule has 0 aliphatic carbocycles. The maximum Gasteiger partial charge on any atom is 0.264 e. The molecule has 0 unspecified atom stereocenters. The molecule has 1 aliphatic rings. The fraction of sp³-hybridized carbons (Fsp3) is 0.167. The number of carbonyl (C=O) groups excluding carboxylic acids is 1. The number of nitriles is 1. The topological polar surface area (TPSA) is 120 Å². The minimum absolute atomic E-state index is 0.0720. The van der Waals surface area contributed by atoms with Gasteiger partial charge < -0.3 is 15.2 Å². The predicted octanol–water partition coefficient (Wildman–Crippen LogP) is 3.72. The first kappa shape index (κ1) is 23.6. The molecule has 0 fully saturated rings. The first-order valence-corrected chi connectivity index (χ1v) is 12.1. The predicted molar refractivity (Wildman–Crippen MR) is 128 cm³/mol. The lowest BCUT2D eigenvalue weighted by Crippen LogP contribution is -2.45. The summed E-state index contributed by atoms with van der Waals surface area (Å²) in [4.78, 5) is 12.8. The van der Waals surface area contributed by atoms with Gasteiger partial charge in [-0.05, 0) is 55.0 Å². The number of fused-ring (bicyclic) bond motifs is 1. The number of nitrogens with one attached hydrogen (secondary N) is 1. The molecule has 1 atom stereocenters. The number of aliphatic hydroxyl groups is 1. The molecule has 2 N–H and O–H groups in total. The number of aliphatic hydroxyl groups excluding tert-OH is 1. The van der Waals surface area contributed by atoms with E-state index in [1.807, 2.05) is 6.07 Å². The van der Waals surface area contributed by atoms with Crippen LogP contribution in [0.1, 0.15) is 21.5 Å². The number of benzene rings is 3. The number of aryl methyl sites for hydroxylation is 1. The van der Waals surface area contributed by atoms with E-state index >= 15 is 0 Å². The number of nitrogens with zero attached hydrogens (tertiary/aromatic N) is 2. The Labute approximate surface area is 202 Å². The molecule has 3 aromatic carbocycles. The van der Waals surface area contributed by atoms with Crippen molar-refractivity contribution < 1.29 is 23.1 Å². The van der Waals surface area contributed by atoms with E-state index in [0.29, 0.717) is 21.8 Å². The second kappa shape index (κ2) is 9.35. The highest BCUT2D eigenvalue weighted by molar-refractivity contribution is 7.92. The van der Waals surface area contributed by atoms with E-state index in [1.165, 1.54) is 36.4 Å². The summed E-state index contributed by atoms with van der Waals surface area (Å²) < 4.78 is 33.8. The van der Waals surface area contributed by atoms with Crippen LogP contribution in [0, 0.1) is 18.3 Å². The number of hydrogen-bond acceptors (Lipinski definition) is 6. The van der Waals surface area contributed by atoms with Crippen LogP contribution in [0.4, 0.5) is 11.4 Å². The molecule has 1 aliphatic heterocycles. The molecule has 4 rings (SSSR count). The molecule has 3 aromatic rings. The highest BCUT2D eigenvalue weighted by Gasteiger charge is 2.35. The van der Waals surface area contributed by atoms with Crippen LogP contribution in [-0.4, -0.2) is 38.7 Å². The number of sulfonamides is 1. The third-order valence-corrected chi connectivity index (χ3v) is 7.44. The van der Waals surface area contributed by atoms with Crippen molar-refractivity contribution in [2.24, 2.45) is 0 Å². The Morgan fingerprint density at radius 2 is 2.00 bits per heavy atom. The lowest BCUT2D eigenvalue weighted by atomic mass is 10.1. The van der Waals surface area contributed by atoms with Crippen molar-refractivity contribution in [2.45, 2.75) is 17.9 Å². The Balaban J connectivity index is 1.74. The minimum Gasteiger partial charge on any atom is -0.484 e. The number of anilines is 2. The van der Waals surface area contributed by atoms with Crippen molar-refractivity contribution in [2.75, 3.05) is 22.8 Å². The average Bonchev–Trinajstić information content (AvgIpc) is 2.83. The molecule has 0 spiro atoms. The zero-order valence-electron chi connectivity index (χ0n) is 18.0. The second-order valence-electron chi connectivity index (χ2n) is 7.67. The van der Waals surface area contributed by atoms with Crippen LogP contribution < -0.4 is 14.4 Å². The summed E-state index contributed by atoms with van der Waals surface area (Å²) in [6.45, 7) is 1.22. The normalized spacial score (nSPS) is 15.1.